The molecule has 0 aliphatic carbocycles. The van der Waals surface area contributed by atoms with Crippen LogP contribution in [0.5, 0.6) is 0 Å². The van der Waals surface area contributed by atoms with E-state index in [1.807, 2.05) is 43.0 Å². The molecule has 0 N–H and O–H groups in total. The van der Waals surface area contributed by atoms with E-state index in [1.54, 1.807) is 0 Å². The van der Waals surface area contributed by atoms with E-state index in [0.29, 0.717) is 25.9 Å². The lowest BCUT2D eigenvalue weighted by molar-refractivity contribution is -0.134. The summed E-state index contributed by atoms with van der Waals surface area (Å²) in [6.45, 7) is 6.73. The van der Waals surface area contributed by atoms with Crippen LogP contribution in [0.4, 0.5) is 5.69 Å². The van der Waals surface area contributed by atoms with Gasteiger partial charge in [-0.3, -0.25) is 9.59 Å². The van der Waals surface area contributed by atoms with Crippen LogP contribution in [0.2, 0.25) is 5.02 Å². The van der Waals surface area contributed by atoms with Crippen LogP contribution in [0, 0.1) is 5.92 Å². The molecular formula is C17H23ClN2O2. The Morgan fingerprint density at radius 3 is 2.41 bits per heavy atom. The Bertz CT molecular complexity index is 537. The Kier molecular flexibility index (Phi) is 5.83. The first-order valence-corrected chi connectivity index (χ1v) is 8.16. The number of rotatable bonds is 5. The van der Waals surface area contributed by atoms with Gasteiger partial charge in [0.25, 0.3) is 0 Å². The molecule has 1 aliphatic heterocycles. The Morgan fingerprint density at radius 2 is 1.82 bits per heavy atom. The molecule has 1 fully saturated rings. The molecule has 0 bridgehead atoms. The van der Waals surface area contributed by atoms with Crippen molar-refractivity contribution in [3.63, 3.8) is 0 Å². The number of benzene rings is 1. The number of carbonyl (C=O) groups is 2. The van der Waals surface area contributed by atoms with Crippen LogP contribution < -0.4 is 4.90 Å². The summed E-state index contributed by atoms with van der Waals surface area (Å²) in [5, 5.41) is 0.725. The van der Waals surface area contributed by atoms with Gasteiger partial charge < -0.3 is 9.80 Å². The molecule has 1 amide bonds. The van der Waals surface area contributed by atoms with Gasteiger partial charge in [-0.1, -0.05) is 31.5 Å². The van der Waals surface area contributed by atoms with Crippen LogP contribution in [-0.2, 0) is 9.59 Å². The second kappa shape index (κ2) is 7.63. The zero-order chi connectivity index (χ0) is 16.1. The fraction of sp³-hybridized carbons (Fsp3) is 0.529. The van der Waals surface area contributed by atoms with Crippen molar-refractivity contribution in [2.45, 2.75) is 26.7 Å². The van der Waals surface area contributed by atoms with Crippen molar-refractivity contribution in [1.82, 2.24) is 4.90 Å². The third-order valence-corrected chi connectivity index (χ3v) is 4.27. The number of piperazine rings is 1. The van der Waals surface area contributed by atoms with Crippen LogP contribution in [0.15, 0.2) is 24.3 Å². The number of nitrogens with zero attached hydrogens (tertiary/aromatic N) is 2. The minimum absolute atomic E-state index is 0.00692. The highest BCUT2D eigenvalue weighted by molar-refractivity contribution is 6.30. The molecule has 120 valence electrons. The third kappa shape index (κ3) is 4.47. The van der Waals surface area contributed by atoms with Gasteiger partial charge in [0, 0.05) is 55.6 Å². The average molecular weight is 323 g/mol. The number of hydrogen-bond acceptors (Lipinski definition) is 3. The highest BCUT2D eigenvalue weighted by Crippen LogP contribution is 2.21. The Morgan fingerprint density at radius 1 is 1.14 bits per heavy atom. The number of amides is 1. The van der Waals surface area contributed by atoms with E-state index >= 15 is 0 Å². The highest BCUT2D eigenvalue weighted by Gasteiger charge is 2.22. The summed E-state index contributed by atoms with van der Waals surface area (Å²) in [5.74, 6) is 0.248. The average Bonchev–Trinajstić information content (AvgIpc) is 2.52. The van der Waals surface area contributed by atoms with Gasteiger partial charge in [-0.25, -0.2) is 0 Å². The van der Waals surface area contributed by atoms with E-state index in [1.165, 1.54) is 0 Å². The number of anilines is 1. The van der Waals surface area contributed by atoms with Gasteiger partial charge in [-0.05, 0) is 18.2 Å². The van der Waals surface area contributed by atoms with Crippen molar-refractivity contribution in [3.05, 3.63) is 29.3 Å². The normalized spacial score (nSPS) is 15.3. The van der Waals surface area contributed by atoms with Gasteiger partial charge in [-0.2, -0.15) is 0 Å². The summed E-state index contributed by atoms with van der Waals surface area (Å²) in [4.78, 5) is 27.9. The van der Waals surface area contributed by atoms with E-state index in [-0.39, 0.29) is 17.6 Å². The molecule has 1 saturated heterocycles. The smallest absolute Gasteiger partial charge is 0.223 e. The van der Waals surface area contributed by atoms with E-state index in [0.717, 1.165) is 23.8 Å². The standard InChI is InChI=1S/C17H23ClN2O2/c1-13(2)16(21)6-7-17(22)20-10-8-19(9-11-20)15-5-3-4-14(18)12-15/h3-5,12-13H,6-11H2,1-2H3. The van der Waals surface area contributed by atoms with Gasteiger partial charge in [0.05, 0.1) is 0 Å². The van der Waals surface area contributed by atoms with Gasteiger partial charge in [0.2, 0.25) is 5.91 Å². The van der Waals surface area contributed by atoms with Crippen molar-refractivity contribution < 1.29 is 9.59 Å². The van der Waals surface area contributed by atoms with E-state index < -0.39 is 0 Å². The second-order valence-electron chi connectivity index (χ2n) is 5.97. The summed E-state index contributed by atoms with van der Waals surface area (Å²) in [7, 11) is 0. The van der Waals surface area contributed by atoms with E-state index in [4.69, 9.17) is 11.6 Å². The number of hydrogen-bond donors (Lipinski definition) is 0. The molecule has 2 rings (SSSR count). The Balaban J connectivity index is 1.81. The Labute approximate surface area is 137 Å². The SMILES string of the molecule is CC(C)C(=O)CCC(=O)N1CCN(c2cccc(Cl)c2)CC1. The summed E-state index contributed by atoms with van der Waals surface area (Å²) >= 11 is 6.02. The first kappa shape index (κ1) is 16.8. The fourth-order valence-corrected chi connectivity index (χ4v) is 2.75. The van der Waals surface area contributed by atoms with Gasteiger partial charge in [0.1, 0.15) is 5.78 Å². The van der Waals surface area contributed by atoms with Crippen molar-refractivity contribution >= 4 is 29.0 Å². The molecule has 1 aliphatic rings. The summed E-state index contributed by atoms with van der Waals surface area (Å²) in [5.41, 5.74) is 1.09. The largest absolute Gasteiger partial charge is 0.368 e. The van der Waals surface area contributed by atoms with Crippen molar-refractivity contribution in [3.8, 4) is 0 Å². The van der Waals surface area contributed by atoms with Crippen LogP contribution in [0.1, 0.15) is 26.7 Å². The zero-order valence-electron chi connectivity index (χ0n) is 13.2. The molecule has 0 aromatic heterocycles. The maximum absolute atomic E-state index is 12.2. The molecule has 0 spiro atoms. The predicted molar refractivity (Wildman–Crippen MR) is 89.3 cm³/mol. The number of ketones is 1. The topological polar surface area (TPSA) is 40.6 Å². The van der Waals surface area contributed by atoms with Crippen LogP contribution in [0.25, 0.3) is 0 Å². The summed E-state index contributed by atoms with van der Waals surface area (Å²) in [6.07, 6.45) is 0.680. The molecule has 0 atom stereocenters. The van der Waals surface area contributed by atoms with Crippen LogP contribution in [-0.4, -0.2) is 42.8 Å². The Hall–Kier alpha value is -1.55. The molecule has 1 heterocycles. The van der Waals surface area contributed by atoms with Crippen molar-refractivity contribution in [2.24, 2.45) is 5.92 Å². The first-order valence-electron chi connectivity index (χ1n) is 7.78. The quantitative estimate of drug-likeness (QED) is 0.836. The first-order chi connectivity index (χ1) is 10.5. The highest BCUT2D eigenvalue weighted by atomic mass is 35.5. The maximum atomic E-state index is 12.2. The molecular weight excluding hydrogens is 300 g/mol. The lowest BCUT2D eigenvalue weighted by atomic mass is 10.0. The maximum Gasteiger partial charge on any atom is 0.223 e. The predicted octanol–water partition coefficient (Wildman–Crippen LogP) is 2.99. The minimum atomic E-state index is 0.00692. The monoisotopic (exact) mass is 322 g/mol. The molecule has 4 nitrogen and oxygen atoms in total. The molecule has 1 aromatic carbocycles. The number of Topliss-reactive ketones (excluding diaryl/α,β-unsaturated/α-hetero) is 1. The number of halogens is 1. The lowest BCUT2D eigenvalue weighted by Crippen LogP contribution is -2.48. The summed E-state index contributed by atoms with van der Waals surface area (Å²) in [6, 6.07) is 7.77. The minimum Gasteiger partial charge on any atom is -0.368 e. The zero-order valence-corrected chi connectivity index (χ0v) is 14.0. The fourth-order valence-electron chi connectivity index (χ4n) is 2.56. The van der Waals surface area contributed by atoms with Crippen molar-refractivity contribution in [2.75, 3.05) is 31.1 Å². The third-order valence-electron chi connectivity index (χ3n) is 4.03. The summed E-state index contributed by atoms with van der Waals surface area (Å²) < 4.78 is 0. The molecule has 5 heteroatoms. The second-order valence-corrected chi connectivity index (χ2v) is 6.41. The van der Waals surface area contributed by atoms with E-state index in [9.17, 15) is 9.59 Å². The molecule has 0 saturated carbocycles. The van der Waals surface area contributed by atoms with Crippen molar-refractivity contribution in [1.29, 1.82) is 0 Å². The van der Waals surface area contributed by atoms with Crippen LogP contribution >= 0.6 is 11.6 Å². The van der Waals surface area contributed by atoms with Crippen LogP contribution in [0.3, 0.4) is 0 Å². The lowest BCUT2D eigenvalue weighted by Gasteiger charge is -2.36. The molecule has 0 radical (unpaired) electrons. The van der Waals surface area contributed by atoms with Gasteiger partial charge in [0.15, 0.2) is 0 Å². The van der Waals surface area contributed by atoms with E-state index in [2.05, 4.69) is 4.90 Å². The molecule has 22 heavy (non-hydrogen) atoms. The molecule has 1 aromatic rings. The van der Waals surface area contributed by atoms with Gasteiger partial charge >= 0.3 is 0 Å². The number of carbonyl (C=O) groups excluding carboxylic acids is 2. The molecule has 0 unspecified atom stereocenters. The van der Waals surface area contributed by atoms with Gasteiger partial charge in [-0.15, -0.1) is 0 Å².